The summed E-state index contributed by atoms with van der Waals surface area (Å²) in [6.45, 7) is -0.432. The second-order valence-corrected chi connectivity index (χ2v) is 18.0. The molecule has 10 aromatic rings. The van der Waals surface area contributed by atoms with Crippen LogP contribution in [-0.2, 0) is 0 Å². The van der Waals surface area contributed by atoms with Crippen LogP contribution in [0.4, 0.5) is 0 Å². The standard InChI is InChI=1S/C57H30B3N3O6/c1-4-22-40-34(16-1)58-37-19-7-13-31(52(37)67-46-28-10-25-43(64-40)49(46)58)55-61-56(32-14-8-20-38-53(32)68-47-29-11-26-44-50(47)59(38)35-17-2-5-23-41(35)65-44)63-57(62-55)33-15-9-21-39-54(33)69-48-30-12-27-45-51(48)60(39)36-18-3-6-24-42(36)66-45/h1-30H. The maximum Gasteiger partial charge on any atom is 0.260 e. The van der Waals surface area contributed by atoms with Gasteiger partial charge in [-0.05, 0) is 106 Å². The molecule has 0 bridgehead atoms. The van der Waals surface area contributed by atoms with Gasteiger partial charge in [-0.3, -0.25) is 0 Å². The van der Waals surface area contributed by atoms with E-state index in [-0.39, 0.29) is 20.1 Å². The Morgan fingerprint density at radius 3 is 0.797 bits per heavy atom. The topological polar surface area (TPSA) is 94.1 Å². The highest BCUT2D eigenvalue weighted by molar-refractivity contribution is 6.99. The first-order chi connectivity index (χ1) is 34.2. The SMILES string of the molecule is c1ccc2c(c1)Oc1cccc3c1B2c1cccc(-c2nc(-c4cccc5c4Oc4cccc6c4B5c4ccccc4O6)nc(-c4cccc5c4Oc4cccc6c4B5c4ccccc4O6)n2)c1O3. The third-order valence-corrected chi connectivity index (χ3v) is 14.4. The van der Waals surface area contributed by atoms with Gasteiger partial charge in [0, 0.05) is 16.4 Å². The van der Waals surface area contributed by atoms with Crippen molar-refractivity contribution in [2.75, 3.05) is 0 Å². The van der Waals surface area contributed by atoms with E-state index < -0.39 is 0 Å². The fourth-order valence-electron chi connectivity index (χ4n) is 11.5. The summed E-state index contributed by atoms with van der Waals surface area (Å²) in [5.41, 5.74) is 11.3. The molecule has 0 fully saturated rings. The number of rotatable bonds is 3. The van der Waals surface area contributed by atoms with Crippen LogP contribution in [0.5, 0.6) is 69.0 Å². The number of hydrogen-bond acceptors (Lipinski definition) is 9. The summed E-state index contributed by atoms with van der Waals surface area (Å²) in [6, 6.07) is 61.3. The summed E-state index contributed by atoms with van der Waals surface area (Å²) in [5.74, 6) is 10.3. The van der Waals surface area contributed by atoms with Crippen molar-refractivity contribution in [3.63, 3.8) is 0 Å². The van der Waals surface area contributed by atoms with Crippen molar-refractivity contribution in [1.82, 2.24) is 15.0 Å². The Labute approximate surface area is 396 Å². The molecule has 1 aromatic heterocycles. The highest BCUT2D eigenvalue weighted by Crippen LogP contribution is 2.44. The minimum atomic E-state index is -0.144. The third-order valence-electron chi connectivity index (χ3n) is 14.4. The van der Waals surface area contributed by atoms with Gasteiger partial charge >= 0.3 is 0 Å². The zero-order valence-corrected chi connectivity index (χ0v) is 36.3. The van der Waals surface area contributed by atoms with Crippen molar-refractivity contribution >= 4 is 69.3 Å². The average Bonchev–Trinajstić information content (AvgIpc) is 3.40. The number of para-hydroxylation sites is 6. The smallest absolute Gasteiger partial charge is 0.260 e. The van der Waals surface area contributed by atoms with Crippen LogP contribution in [0.2, 0.25) is 0 Å². The first-order valence-corrected chi connectivity index (χ1v) is 23.1. The summed E-state index contributed by atoms with van der Waals surface area (Å²) in [5, 5.41) is 0. The fourth-order valence-corrected chi connectivity index (χ4v) is 11.5. The summed E-state index contributed by atoms with van der Waals surface area (Å²) >= 11 is 0. The predicted molar refractivity (Wildman–Crippen MR) is 269 cm³/mol. The van der Waals surface area contributed by atoms with Crippen LogP contribution in [0.15, 0.2) is 182 Å². The molecule has 6 aliphatic rings. The summed E-state index contributed by atoms with van der Waals surface area (Å²) < 4.78 is 40.3. The molecular weight excluding hydrogens is 855 g/mol. The summed E-state index contributed by atoms with van der Waals surface area (Å²) in [6.07, 6.45) is 0. The summed E-state index contributed by atoms with van der Waals surface area (Å²) in [7, 11) is 0. The van der Waals surface area contributed by atoms with Crippen LogP contribution in [-0.4, -0.2) is 35.1 Å². The molecule has 9 aromatic carbocycles. The van der Waals surface area contributed by atoms with Gasteiger partial charge in [-0.25, -0.2) is 15.0 Å². The van der Waals surface area contributed by atoms with Crippen LogP contribution in [0.3, 0.4) is 0 Å². The van der Waals surface area contributed by atoms with E-state index in [1.807, 2.05) is 109 Å². The van der Waals surface area contributed by atoms with Gasteiger partial charge in [0.05, 0.1) is 16.7 Å². The lowest BCUT2D eigenvalue weighted by molar-refractivity contribution is 0.465. The number of aromatic nitrogens is 3. The molecule has 7 heterocycles. The lowest BCUT2D eigenvalue weighted by Crippen LogP contribution is -2.57. The number of fused-ring (bicyclic) bond motifs is 12. The minimum absolute atomic E-state index is 0.144. The van der Waals surface area contributed by atoms with Crippen molar-refractivity contribution in [3.8, 4) is 103 Å². The number of hydrogen-bond donors (Lipinski definition) is 0. The molecular formula is C57H30B3N3O6. The molecule has 0 saturated carbocycles. The molecule has 6 aliphatic heterocycles. The van der Waals surface area contributed by atoms with Gasteiger partial charge in [0.15, 0.2) is 17.5 Å². The van der Waals surface area contributed by atoms with Crippen molar-refractivity contribution in [1.29, 1.82) is 0 Å². The fraction of sp³-hybridized carbons (Fsp3) is 0. The number of ether oxygens (including phenoxy) is 6. The van der Waals surface area contributed by atoms with E-state index in [0.717, 1.165) is 118 Å². The van der Waals surface area contributed by atoms with Gasteiger partial charge in [0.2, 0.25) is 0 Å². The van der Waals surface area contributed by atoms with Crippen molar-refractivity contribution in [2.24, 2.45) is 0 Å². The van der Waals surface area contributed by atoms with Crippen LogP contribution < -0.4 is 77.6 Å². The first kappa shape index (κ1) is 37.1. The quantitative estimate of drug-likeness (QED) is 0.173. The molecule has 69 heavy (non-hydrogen) atoms. The molecule has 16 rings (SSSR count). The van der Waals surface area contributed by atoms with Crippen LogP contribution >= 0.6 is 0 Å². The van der Waals surface area contributed by atoms with Crippen LogP contribution in [0, 0.1) is 0 Å². The number of benzene rings is 9. The average molecular weight is 885 g/mol. The Bertz CT molecular complexity index is 3530. The first-order valence-electron chi connectivity index (χ1n) is 23.1. The van der Waals surface area contributed by atoms with Crippen LogP contribution in [0.1, 0.15) is 0 Å². The van der Waals surface area contributed by atoms with Gasteiger partial charge in [-0.1, -0.05) is 109 Å². The molecule has 318 valence electrons. The van der Waals surface area contributed by atoms with Gasteiger partial charge in [0.1, 0.15) is 69.0 Å². The molecule has 0 saturated heterocycles. The highest BCUT2D eigenvalue weighted by Gasteiger charge is 2.44. The van der Waals surface area contributed by atoms with E-state index in [1.165, 1.54) is 0 Å². The molecule has 0 atom stereocenters. The van der Waals surface area contributed by atoms with E-state index in [1.54, 1.807) is 0 Å². The third kappa shape index (κ3) is 5.20. The highest BCUT2D eigenvalue weighted by atomic mass is 16.5. The van der Waals surface area contributed by atoms with E-state index in [2.05, 4.69) is 72.8 Å². The molecule has 9 nitrogen and oxygen atoms in total. The molecule has 12 heteroatoms. The lowest BCUT2D eigenvalue weighted by atomic mass is 9.34. The monoisotopic (exact) mass is 885 g/mol. The molecule has 0 aliphatic carbocycles. The van der Waals surface area contributed by atoms with Crippen molar-refractivity contribution in [3.05, 3.63) is 182 Å². The van der Waals surface area contributed by atoms with E-state index >= 15 is 0 Å². The Balaban J connectivity index is 0.935. The van der Waals surface area contributed by atoms with E-state index in [9.17, 15) is 0 Å². The molecule has 0 amide bonds. The molecule has 0 spiro atoms. The molecule has 0 unspecified atom stereocenters. The van der Waals surface area contributed by atoms with Gasteiger partial charge in [-0.2, -0.15) is 0 Å². The van der Waals surface area contributed by atoms with Gasteiger partial charge in [0.25, 0.3) is 20.1 Å². The zero-order valence-electron chi connectivity index (χ0n) is 36.3. The zero-order chi connectivity index (χ0) is 44.9. The molecule has 0 radical (unpaired) electrons. The Morgan fingerprint density at radius 1 is 0.232 bits per heavy atom. The lowest BCUT2D eigenvalue weighted by Gasteiger charge is -2.34. The Kier molecular flexibility index (Phi) is 7.41. The Morgan fingerprint density at radius 2 is 0.478 bits per heavy atom. The predicted octanol–water partition coefficient (Wildman–Crippen LogP) is 7.06. The maximum absolute atomic E-state index is 6.98. The molecule has 0 N–H and O–H groups in total. The van der Waals surface area contributed by atoms with E-state index in [4.69, 9.17) is 43.4 Å². The van der Waals surface area contributed by atoms with E-state index in [0.29, 0.717) is 34.7 Å². The normalized spacial score (nSPS) is 13.8. The number of nitrogens with zero attached hydrogens (tertiary/aromatic N) is 3. The van der Waals surface area contributed by atoms with Gasteiger partial charge in [-0.15, -0.1) is 0 Å². The minimum Gasteiger partial charge on any atom is -0.458 e. The Hall–Kier alpha value is -9.02. The van der Waals surface area contributed by atoms with Crippen molar-refractivity contribution in [2.45, 2.75) is 0 Å². The maximum atomic E-state index is 6.98. The van der Waals surface area contributed by atoms with Crippen LogP contribution in [0.25, 0.3) is 34.2 Å². The second kappa shape index (κ2) is 13.8. The van der Waals surface area contributed by atoms with Crippen molar-refractivity contribution < 1.29 is 28.4 Å². The second-order valence-electron chi connectivity index (χ2n) is 18.0. The largest absolute Gasteiger partial charge is 0.458 e. The van der Waals surface area contributed by atoms with Gasteiger partial charge < -0.3 is 28.4 Å². The summed E-state index contributed by atoms with van der Waals surface area (Å²) in [4.78, 5) is 16.3.